The summed E-state index contributed by atoms with van der Waals surface area (Å²) >= 11 is 0. The molecule has 0 radical (unpaired) electrons. The summed E-state index contributed by atoms with van der Waals surface area (Å²) in [6, 6.07) is 20.0. The zero-order valence-corrected chi connectivity index (χ0v) is 20.2. The number of anilines is 1. The number of aryl methyl sites for hydroxylation is 1. The second-order valence-corrected chi connectivity index (χ2v) is 9.03. The van der Waals surface area contributed by atoms with Crippen LogP contribution in [0.15, 0.2) is 65.2 Å². The number of rotatable bonds is 7. The van der Waals surface area contributed by atoms with Crippen molar-refractivity contribution in [1.29, 1.82) is 0 Å². The van der Waals surface area contributed by atoms with Gasteiger partial charge in [-0.05, 0) is 18.4 Å². The highest BCUT2D eigenvalue weighted by Gasteiger charge is 2.25. The first-order valence-corrected chi connectivity index (χ1v) is 12.5. The fourth-order valence-electron chi connectivity index (χ4n) is 4.61. The molecule has 7 nitrogen and oxygen atoms in total. The zero-order chi connectivity index (χ0) is 24.0. The molecule has 2 aromatic carbocycles. The van der Waals surface area contributed by atoms with E-state index in [0.29, 0.717) is 25.2 Å². The van der Waals surface area contributed by atoms with Crippen molar-refractivity contribution >= 4 is 22.8 Å². The molecule has 1 amide bonds. The van der Waals surface area contributed by atoms with E-state index in [1.165, 1.54) is 0 Å². The van der Waals surface area contributed by atoms with Crippen LogP contribution in [0.5, 0.6) is 0 Å². The number of amides is 1. The van der Waals surface area contributed by atoms with E-state index in [2.05, 4.69) is 17.0 Å². The molecule has 0 N–H and O–H groups in total. The van der Waals surface area contributed by atoms with Gasteiger partial charge in [0.15, 0.2) is 0 Å². The summed E-state index contributed by atoms with van der Waals surface area (Å²) in [5.41, 5.74) is 3.32. The number of hydrogen-bond donors (Lipinski definition) is 0. The largest absolute Gasteiger partial charge is 0.354 e. The molecule has 0 atom stereocenters. The Morgan fingerprint density at radius 2 is 1.71 bits per heavy atom. The third kappa shape index (κ3) is 5.19. The van der Waals surface area contributed by atoms with Crippen LogP contribution in [0.1, 0.15) is 37.6 Å². The van der Waals surface area contributed by atoms with Gasteiger partial charge in [0.05, 0.1) is 6.42 Å². The molecule has 0 bridgehead atoms. The van der Waals surface area contributed by atoms with Crippen LogP contribution >= 0.6 is 0 Å². The van der Waals surface area contributed by atoms with Crippen molar-refractivity contribution in [3.63, 3.8) is 0 Å². The minimum absolute atomic E-state index is 0.171. The lowest BCUT2D eigenvalue weighted by molar-refractivity contribution is -0.130. The van der Waals surface area contributed by atoms with Gasteiger partial charge in [0.25, 0.3) is 5.71 Å². The maximum Gasteiger partial charge on any atom is 0.263 e. The Balaban J connectivity index is 1.43. The molecule has 1 aliphatic rings. The molecule has 1 aliphatic heterocycles. The number of aromatic nitrogens is 3. The summed E-state index contributed by atoms with van der Waals surface area (Å²) in [6.07, 6.45) is 4.21. The molecular formula is C28H31N5O2. The first-order valence-electron chi connectivity index (χ1n) is 12.5. The van der Waals surface area contributed by atoms with Gasteiger partial charge in [-0.3, -0.25) is 4.79 Å². The maximum atomic E-state index is 13.0. The van der Waals surface area contributed by atoms with E-state index in [0.717, 1.165) is 72.6 Å². The number of benzene rings is 2. The topological polar surface area (TPSA) is 75.4 Å². The van der Waals surface area contributed by atoms with Crippen molar-refractivity contribution in [2.45, 2.75) is 39.0 Å². The average Bonchev–Trinajstić information content (AvgIpc) is 3.16. The van der Waals surface area contributed by atoms with Crippen molar-refractivity contribution < 1.29 is 9.32 Å². The van der Waals surface area contributed by atoms with E-state index >= 15 is 0 Å². The van der Waals surface area contributed by atoms with Crippen molar-refractivity contribution in [3.8, 4) is 11.3 Å². The van der Waals surface area contributed by atoms with E-state index < -0.39 is 0 Å². The molecule has 35 heavy (non-hydrogen) atoms. The Labute approximate surface area is 205 Å². The molecule has 7 heteroatoms. The molecule has 0 aliphatic carbocycles. The summed E-state index contributed by atoms with van der Waals surface area (Å²) in [7, 11) is 0. The van der Waals surface area contributed by atoms with Gasteiger partial charge in [0, 0.05) is 38.2 Å². The quantitative estimate of drug-likeness (QED) is 0.383. The summed E-state index contributed by atoms with van der Waals surface area (Å²) in [6.45, 7) is 5.09. The number of fused-ring (bicyclic) bond motifs is 1. The van der Waals surface area contributed by atoms with Gasteiger partial charge in [-0.1, -0.05) is 79.2 Å². The first kappa shape index (κ1) is 23.0. The van der Waals surface area contributed by atoms with Crippen molar-refractivity contribution in [2.75, 3.05) is 31.1 Å². The van der Waals surface area contributed by atoms with Gasteiger partial charge in [-0.2, -0.15) is 4.98 Å². The molecule has 1 fully saturated rings. The van der Waals surface area contributed by atoms with E-state index in [1.54, 1.807) is 0 Å². The number of nitrogens with zero attached hydrogens (tertiary/aromatic N) is 5. The lowest BCUT2D eigenvalue weighted by Crippen LogP contribution is -2.36. The highest BCUT2D eigenvalue weighted by atomic mass is 16.5. The minimum Gasteiger partial charge on any atom is -0.354 e. The normalized spacial score (nSPS) is 14.3. The van der Waals surface area contributed by atoms with E-state index in [4.69, 9.17) is 14.5 Å². The average molecular weight is 470 g/mol. The van der Waals surface area contributed by atoms with E-state index in [-0.39, 0.29) is 5.91 Å². The Kier molecular flexibility index (Phi) is 7.02. The molecule has 180 valence electrons. The van der Waals surface area contributed by atoms with Crippen LogP contribution < -0.4 is 4.90 Å². The van der Waals surface area contributed by atoms with Crippen LogP contribution in [0.4, 0.5) is 5.82 Å². The Morgan fingerprint density at radius 1 is 0.943 bits per heavy atom. The summed E-state index contributed by atoms with van der Waals surface area (Å²) in [4.78, 5) is 27.0. The lowest BCUT2D eigenvalue weighted by atomic mass is 10.1. The highest BCUT2D eigenvalue weighted by molar-refractivity contribution is 5.98. The molecule has 0 spiro atoms. The van der Waals surface area contributed by atoms with Crippen molar-refractivity contribution in [3.05, 3.63) is 72.1 Å². The van der Waals surface area contributed by atoms with Gasteiger partial charge in [0.2, 0.25) is 5.91 Å². The van der Waals surface area contributed by atoms with Gasteiger partial charge in [-0.25, -0.2) is 4.98 Å². The van der Waals surface area contributed by atoms with Crippen LogP contribution in [-0.4, -0.2) is 52.1 Å². The van der Waals surface area contributed by atoms with Crippen LogP contribution in [0.25, 0.3) is 22.4 Å². The van der Waals surface area contributed by atoms with Crippen LogP contribution in [0.3, 0.4) is 0 Å². The van der Waals surface area contributed by atoms with Crippen molar-refractivity contribution in [1.82, 2.24) is 20.0 Å². The molecule has 2 aromatic heterocycles. The molecule has 1 saturated heterocycles. The van der Waals surface area contributed by atoms with Crippen LogP contribution in [-0.2, 0) is 17.6 Å². The van der Waals surface area contributed by atoms with Crippen LogP contribution in [0, 0.1) is 0 Å². The molecule has 0 unspecified atom stereocenters. The van der Waals surface area contributed by atoms with Gasteiger partial charge in [-0.15, -0.1) is 0 Å². The fraction of sp³-hybridized carbons (Fsp3) is 0.357. The zero-order valence-electron chi connectivity index (χ0n) is 20.2. The van der Waals surface area contributed by atoms with Gasteiger partial charge in [0.1, 0.15) is 22.7 Å². The van der Waals surface area contributed by atoms with Crippen molar-refractivity contribution in [2.24, 2.45) is 0 Å². The molecule has 0 saturated carbocycles. The summed E-state index contributed by atoms with van der Waals surface area (Å²) in [5, 5.41) is 5.23. The minimum atomic E-state index is 0.171. The van der Waals surface area contributed by atoms with E-state index in [9.17, 15) is 4.79 Å². The lowest BCUT2D eigenvalue weighted by Gasteiger charge is -2.24. The predicted molar refractivity (Wildman–Crippen MR) is 137 cm³/mol. The predicted octanol–water partition coefficient (Wildman–Crippen LogP) is 4.91. The SMILES string of the molecule is CCCCc1nc(N2CCCN(C(=O)Cc3ccccc3)CC2)c2c(-c3ccccc3)noc2n1. The summed E-state index contributed by atoms with van der Waals surface area (Å²) in [5.74, 6) is 1.81. The maximum absolute atomic E-state index is 13.0. The smallest absolute Gasteiger partial charge is 0.263 e. The molecule has 5 rings (SSSR count). The van der Waals surface area contributed by atoms with E-state index in [1.807, 2.05) is 65.6 Å². The number of carbonyl (C=O) groups is 1. The number of carbonyl (C=O) groups excluding carboxylic acids is 1. The van der Waals surface area contributed by atoms with Gasteiger partial charge >= 0.3 is 0 Å². The summed E-state index contributed by atoms with van der Waals surface area (Å²) < 4.78 is 5.72. The molecular weight excluding hydrogens is 438 g/mol. The second kappa shape index (κ2) is 10.7. The standard InChI is InChI=1S/C28H31N5O2/c1-2-3-15-23-29-27(25-26(31-35-28(25)30-23)22-13-8-5-9-14-22)33-17-10-16-32(18-19-33)24(34)20-21-11-6-4-7-12-21/h4-9,11-14H,2-3,10,15-20H2,1H3. The molecule has 3 heterocycles. The first-order chi connectivity index (χ1) is 17.2. The Bertz CT molecular complexity index is 1270. The fourth-order valence-corrected chi connectivity index (χ4v) is 4.61. The molecule has 4 aromatic rings. The number of hydrogen-bond acceptors (Lipinski definition) is 6. The second-order valence-electron chi connectivity index (χ2n) is 9.03. The van der Waals surface area contributed by atoms with Gasteiger partial charge < -0.3 is 14.3 Å². The highest BCUT2D eigenvalue weighted by Crippen LogP contribution is 2.34. The monoisotopic (exact) mass is 469 g/mol. The van der Waals surface area contributed by atoms with Crippen LogP contribution in [0.2, 0.25) is 0 Å². The number of unbranched alkanes of at least 4 members (excludes halogenated alkanes) is 1. The Hall–Kier alpha value is -3.74. The Morgan fingerprint density at radius 3 is 2.49 bits per heavy atom. The third-order valence-corrected chi connectivity index (χ3v) is 6.51. The third-order valence-electron chi connectivity index (χ3n) is 6.51.